The van der Waals surface area contributed by atoms with Gasteiger partial charge in [0, 0.05) is 18.7 Å². The lowest BCUT2D eigenvalue weighted by Crippen LogP contribution is -2.76. The minimum absolute atomic E-state index is 0.0136. The molecule has 4 fully saturated rings. The Hall–Kier alpha value is -3.59. The van der Waals surface area contributed by atoms with Crippen molar-refractivity contribution in [1.82, 2.24) is 9.80 Å². The van der Waals surface area contributed by atoms with Crippen LogP contribution in [-0.4, -0.2) is 45.8 Å². The molecule has 8 heteroatoms. The Morgan fingerprint density at radius 1 is 0.912 bits per heavy atom. The molecule has 1 unspecified atom stereocenters. The van der Waals surface area contributed by atoms with Crippen molar-refractivity contribution < 1.29 is 19.2 Å². The summed E-state index contributed by atoms with van der Waals surface area (Å²) in [6, 6.07) is 25.8. The molecule has 34 heavy (non-hydrogen) atoms. The lowest BCUT2D eigenvalue weighted by molar-refractivity contribution is -0.384. The molecule has 7 rings (SSSR count). The van der Waals surface area contributed by atoms with Crippen LogP contribution in [0.3, 0.4) is 0 Å². The van der Waals surface area contributed by atoms with E-state index in [1.54, 1.807) is 12.1 Å². The standard InChI is InChI=1S/C26H23N3O5/c30-25-23-22(19-11-13-20(14-12-19)29(31)32)27(15-17-7-3-1-4-8-17)24-26(34-23)33-16-21(28(24)25)18-9-5-2-6-10-18/h1-14,21-24,26H,15-16H2/t21-,22+,23-,24?,26+/m0/s1. The van der Waals surface area contributed by atoms with E-state index in [-0.39, 0.29) is 23.7 Å². The zero-order valence-corrected chi connectivity index (χ0v) is 18.3. The Balaban J connectivity index is 1.42. The van der Waals surface area contributed by atoms with E-state index in [1.165, 1.54) is 12.1 Å². The van der Waals surface area contributed by atoms with Crippen LogP contribution in [0.25, 0.3) is 0 Å². The van der Waals surface area contributed by atoms with Gasteiger partial charge in [-0.25, -0.2) is 0 Å². The number of carbonyl (C=O) groups excluding carboxylic acids is 1. The molecule has 4 bridgehead atoms. The number of non-ortho nitro benzene ring substituents is 1. The van der Waals surface area contributed by atoms with Gasteiger partial charge in [0.25, 0.3) is 11.6 Å². The van der Waals surface area contributed by atoms with Crippen molar-refractivity contribution in [3.05, 3.63) is 112 Å². The van der Waals surface area contributed by atoms with Gasteiger partial charge in [-0.2, -0.15) is 0 Å². The fraction of sp³-hybridized carbons (Fsp3) is 0.269. The molecule has 8 nitrogen and oxygen atoms in total. The first-order chi connectivity index (χ1) is 16.6. The predicted molar refractivity (Wildman–Crippen MR) is 122 cm³/mol. The second-order valence-electron chi connectivity index (χ2n) is 8.80. The molecule has 0 N–H and O–H groups in total. The largest absolute Gasteiger partial charge is 0.347 e. The molecular weight excluding hydrogens is 434 g/mol. The first-order valence-corrected chi connectivity index (χ1v) is 11.3. The minimum Gasteiger partial charge on any atom is -0.347 e. The van der Waals surface area contributed by atoms with Gasteiger partial charge in [0.2, 0.25) is 0 Å². The van der Waals surface area contributed by atoms with Crippen molar-refractivity contribution in [3.8, 4) is 0 Å². The molecule has 4 aliphatic heterocycles. The van der Waals surface area contributed by atoms with Gasteiger partial charge in [0.1, 0.15) is 6.17 Å². The summed E-state index contributed by atoms with van der Waals surface area (Å²) in [6.45, 7) is 0.948. The Morgan fingerprint density at radius 3 is 2.26 bits per heavy atom. The van der Waals surface area contributed by atoms with Crippen LogP contribution < -0.4 is 0 Å². The first-order valence-electron chi connectivity index (χ1n) is 11.3. The first kappa shape index (κ1) is 21.0. The fourth-order valence-corrected chi connectivity index (χ4v) is 5.35. The Bertz CT molecular complexity index is 1200. The van der Waals surface area contributed by atoms with Gasteiger partial charge >= 0.3 is 0 Å². The summed E-state index contributed by atoms with van der Waals surface area (Å²) in [5, 5.41) is 11.2. The average Bonchev–Trinajstić information content (AvgIpc) is 2.88. The Labute approximate surface area is 196 Å². The van der Waals surface area contributed by atoms with Crippen LogP contribution in [0.15, 0.2) is 84.9 Å². The van der Waals surface area contributed by atoms with Crippen LogP contribution in [0.5, 0.6) is 0 Å². The summed E-state index contributed by atoms with van der Waals surface area (Å²) in [4.78, 5) is 28.7. The number of amides is 1. The van der Waals surface area contributed by atoms with E-state index in [0.29, 0.717) is 13.2 Å². The molecule has 5 atom stereocenters. The number of carbonyl (C=O) groups is 1. The number of hydrogen-bond acceptors (Lipinski definition) is 6. The third-order valence-corrected chi connectivity index (χ3v) is 6.88. The smallest absolute Gasteiger partial charge is 0.269 e. The maximum atomic E-state index is 13.7. The highest BCUT2D eigenvalue weighted by atomic mass is 16.7. The normalized spacial score (nSPS) is 28.2. The second kappa shape index (κ2) is 8.32. The van der Waals surface area contributed by atoms with Gasteiger partial charge in [-0.3, -0.25) is 19.8 Å². The topological polar surface area (TPSA) is 85.2 Å². The summed E-state index contributed by atoms with van der Waals surface area (Å²) in [5.74, 6) is -0.0777. The third-order valence-electron chi connectivity index (χ3n) is 6.88. The summed E-state index contributed by atoms with van der Waals surface area (Å²) in [6.07, 6.45) is -1.75. The van der Waals surface area contributed by atoms with Crippen molar-refractivity contribution in [3.63, 3.8) is 0 Å². The zero-order chi connectivity index (χ0) is 23.2. The van der Waals surface area contributed by atoms with Crippen molar-refractivity contribution in [2.45, 2.75) is 37.2 Å². The molecule has 0 saturated carbocycles. The monoisotopic (exact) mass is 457 g/mol. The van der Waals surface area contributed by atoms with Gasteiger partial charge in [0.05, 0.1) is 23.6 Å². The van der Waals surface area contributed by atoms with Gasteiger partial charge < -0.3 is 14.4 Å². The van der Waals surface area contributed by atoms with E-state index < -0.39 is 23.5 Å². The molecule has 3 aromatic carbocycles. The molecule has 1 amide bonds. The van der Waals surface area contributed by atoms with E-state index in [4.69, 9.17) is 9.47 Å². The number of fused-ring (bicyclic) bond motifs is 1. The van der Waals surface area contributed by atoms with Crippen LogP contribution in [0.2, 0.25) is 0 Å². The Morgan fingerprint density at radius 2 is 1.59 bits per heavy atom. The van der Waals surface area contributed by atoms with Crippen molar-refractivity contribution >= 4 is 11.6 Å². The number of nitro groups is 1. The molecule has 0 radical (unpaired) electrons. The van der Waals surface area contributed by atoms with Crippen LogP contribution in [0, 0.1) is 10.1 Å². The number of rotatable bonds is 5. The number of ether oxygens (including phenoxy) is 2. The van der Waals surface area contributed by atoms with E-state index in [9.17, 15) is 14.9 Å². The van der Waals surface area contributed by atoms with Crippen LogP contribution in [-0.2, 0) is 20.8 Å². The molecule has 172 valence electrons. The summed E-state index contributed by atoms with van der Waals surface area (Å²) >= 11 is 0. The summed E-state index contributed by atoms with van der Waals surface area (Å²) in [5.41, 5.74) is 2.94. The maximum Gasteiger partial charge on any atom is 0.269 e. The van der Waals surface area contributed by atoms with Gasteiger partial charge in [-0.1, -0.05) is 72.8 Å². The molecule has 0 aromatic heterocycles. The highest BCUT2D eigenvalue weighted by molar-refractivity contribution is 5.85. The quantitative estimate of drug-likeness (QED) is 0.428. The molecule has 0 spiro atoms. The van der Waals surface area contributed by atoms with Crippen LogP contribution >= 0.6 is 0 Å². The fourth-order valence-electron chi connectivity index (χ4n) is 5.35. The maximum absolute atomic E-state index is 13.7. The number of nitro benzene ring substituents is 1. The molecule has 3 aromatic rings. The van der Waals surface area contributed by atoms with Gasteiger partial charge in [-0.15, -0.1) is 0 Å². The predicted octanol–water partition coefficient (Wildman–Crippen LogP) is 3.80. The Kier molecular flexibility index (Phi) is 5.13. The third kappa shape index (κ3) is 3.38. The number of hydrogen-bond donors (Lipinski definition) is 0. The van der Waals surface area contributed by atoms with Crippen molar-refractivity contribution in [1.29, 1.82) is 0 Å². The van der Waals surface area contributed by atoms with E-state index in [1.807, 2.05) is 53.4 Å². The van der Waals surface area contributed by atoms with E-state index >= 15 is 0 Å². The van der Waals surface area contributed by atoms with Crippen molar-refractivity contribution in [2.24, 2.45) is 0 Å². The highest BCUT2D eigenvalue weighted by Crippen LogP contribution is 2.48. The lowest BCUT2D eigenvalue weighted by atomic mass is 9.88. The van der Waals surface area contributed by atoms with E-state index in [0.717, 1.165) is 16.7 Å². The van der Waals surface area contributed by atoms with Crippen LogP contribution in [0.4, 0.5) is 5.69 Å². The average molecular weight is 457 g/mol. The SMILES string of the molecule is O=C1[C@H]2O[C@H]3OC[C@@H](c4ccccc4)N1C3N(Cc1ccccc1)[C@@H]2c1ccc([N+](=O)[O-])cc1. The lowest BCUT2D eigenvalue weighted by Gasteiger charge is -2.62. The molecular formula is C26H23N3O5. The van der Waals surface area contributed by atoms with Gasteiger partial charge in [0.15, 0.2) is 12.4 Å². The zero-order valence-electron chi connectivity index (χ0n) is 18.3. The highest BCUT2D eigenvalue weighted by Gasteiger charge is 2.61. The number of benzene rings is 3. The van der Waals surface area contributed by atoms with Gasteiger partial charge in [-0.05, 0) is 16.7 Å². The number of morpholine rings is 3. The molecule has 4 saturated heterocycles. The van der Waals surface area contributed by atoms with Crippen molar-refractivity contribution in [2.75, 3.05) is 6.61 Å². The molecule has 4 aliphatic rings. The van der Waals surface area contributed by atoms with Crippen LogP contribution in [0.1, 0.15) is 28.8 Å². The summed E-state index contributed by atoms with van der Waals surface area (Å²) in [7, 11) is 0. The summed E-state index contributed by atoms with van der Waals surface area (Å²) < 4.78 is 12.3. The number of nitrogens with zero attached hydrogens (tertiary/aromatic N) is 3. The minimum atomic E-state index is -0.772. The second-order valence-corrected chi connectivity index (χ2v) is 8.80. The van der Waals surface area contributed by atoms with E-state index in [2.05, 4.69) is 17.0 Å². The molecule has 0 aliphatic carbocycles. The molecule has 4 heterocycles.